The molecule has 0 atom stereocenters. The zero-order valence-corrected chi connectivity index (χ0v) is 13.5. The van der Waals surface area contributed by atoms with E-state index in [1.54, 1.807) is 6.92 Å². The van der Waals surface area contributed by atoms with E-state index in [1.165, 1.54) is 25.1 Å². The molecule has 0 saturated heterocycles. The largest absolute Gasteiger partial charge is 0.506 e. The van der Waals surface area contributed by atoms with Crippen molar-refractivity contribution >= 4 is 33.0 Å². The topological polar surface area (TPSA) is 74.6 Å². The van der Waals surface area contributed by atoms with E-state index in [0.29, 0.717) is 11.1 Å². The van der Waals surface area contributed by atoms with E-state index in [0.717, 1.165) is 6.07 Å². The molecule has 0 amide bonds. The maximum absolute atomic E-state index is 12.6. The lowest BCUT2D eigenvalue weighted by Gasteiger charge is -2.11. The number of sulfone groups is 1. The fourth-order valence-electron chi connectivity index (χ4n) is 1.89. The lowest BCUT2D eigenvalue weighted by Crippen LogP contribution is -2.04. The standard InChI is InChI=1S/C14H12Cl2O4S/c1-7-3-10(15)14(18)12(4-7)21(19,20)9-5-8(2)13(17)11(16)6-9/h3-6,17-18H,1-2H3. The van der Waals surface area contributed by atoms with Crippen molar-refractivity contribution in [3.05, 3.63) is 45.4 Å². The Balaban J connectivity index is 2.74. The fourth-order valence-corrected chi connectivity index (χ4v) is 4.12. The van der Waals surface area contributed by atoms with Crippen LogP contribution in [0.2, 0.25) is 10.0 Å². The summed E-state index contributed by atoms with van der Waals surface area (Å²) < 4.78 is 25.2. The molecule has 0 saturated carbocycles. The normalized spacial score (nSPS) is 11.6. The van der Waals surface area contributed by atoms with E-state index in [-0.39, 0.29) is 25.6 Å². The minimum Gasteiger partial charge on any atom is -0.506 e. The molecule has 0 aromatic heterocycles. The summed E-state index contributed by atoms with van der Waals surface area (Å²) in [4.78, 5) is -0.423. The Hall–Kier alpha value is -1.43. The van der Waals surface area contributed by atoms with Gasteiger partial charge in [0, 0.05) is 0 Å². The summed E-state index contributed by atoms with van der Waals surface area (Å²) in [5, 5.41) is 19.4. The van der Waals surface area contributed by atoms with Crippen molar-refractivity contribution < 1.29 is 18.6 Å². The Morgan fingerprint density at radius 1 is 0.905 bits per heavy atom. The molecule has 0 aliphatic heterocycles. The van der Waals surface area contributed by atoms with Gasteiger partial charge in [0.15, 0.2) is 5.75 Å². The number of aryl methyl sites for hydroxylation is 2. The molecule has 0 aliphatic carbocycles. The Bertz CT molecular complexity index is 806. The van der Waals surface area contributed by atoms with Crippen LogP contribution in [0.3, 0.4) is 0 Å². The molecule has 2 aromatic rings. The van der Waals surface area contributed by atoms with Crippen molar-refractivity contribution in [2.75, 3.05) is 0 Å². The van der Waals surface area contributed by atoms with Crippen molar-refractivity contribution in [1.29, 1.82) is 0 Å². The van der Waals surface area contributed by atoms with Crippen molar-refractivity contribution in [3.8, 4) is 11.5 Å². The Labute approximate surface area is 132 Å². The summed E-state index contributed by atoms with van der Waals surface area (Å²) in [5.41, 5.74) is 0.914. The number of hydrogen-bond donors (Lipinski definition) is 2. The number of hydrogen-bond acceptors (Lipinski definition) is 4. The maximum atomic E-state index is 12.6. The molecule has 112 valence electrons. The highest BCUT2D eigenvalue weighted by atomic mass is 35.5. The van der Waals surface area contributed by atoms with E-state index < -0.39 is 15.6 Å². The highest BCUT2D eigenvalue weighted by Gasteiger charge is 2.25. The third-order valence-electron chi connectivity index (χ3n) is 3.00. The summed E-state index contributed by atoms with van der Waals surface area (Å²) >= 11 is 11.6. The van der Waals surface area contributed by atoms with E-state index in [4.69, 9.17) is 23.2 Å². The van der Waals surface area contributed by atoms with Gasteiger partial charge in [0.1, 0.15) is 10.6 Å². The van der Waals surface area contributed by atoms with Crippen LogP contribution in [0.5, 0.6) is 11.5 Å². The van der Waals surface area contributed by atoms with Crippen LogP contribution in [0.15, 0.2) is 34.1 Å². The first-order valence-corrected chi connectivity index (χ1v) is 8.12. The van der Waals surface area contributed by atoms with Gasteiger partial charge < -0.3 is 10.2 Å². The zero-order chi connectivity index (χ0) is 15.9. The second kappa shape index (κ2) is 5.40. The minimum absolute atomic E-state index is 0.0461. The molecule has 0 fully saturated rings. The van der Waals surface area contributed by atoms with E-state index in [2.05, 4.69) is 0 Å². The molecular formula is C14H12Cl2O4S. The van der Waals surface area contributed by atoms with Crippen LogP contribution in [0.1, 0.15) is 11.1 Å². The molecule has 0 heterocycles. The fraction of sp³-hybridized carbons (Fsp3) is 0.143. The zero-order valence-electron chi connectivity index (χ0n) is 11.2. The highest BCUT2D eigenvalue weighted by Crippen LogP contribution is 2.38. The van der Waals surface area contributed by atoms with E-state index in [9.17, 15) is 18.6 Å². The first kappa shape index (κ1) is 15.9. The molecule has 2 N–H and O–H groups in total. The van der Waals surface area contributed by atoms with Gasteiger partial charge in [0.25, 0.3) is 0 Å². The van der Waals surface area contributed by atoms with Crippen LogP contribution >= 0.6 is 23.2 Å². The summed E-state index contributed by atoms with van der Waals surface area (Å²) in [6.45, 7) is 3.20. The molecule has 0 spiro atoms. The van der Waals surface area contributed by atoms with E-state index >= 15 is 0 Å². The van der Waals surface area contributed by atoms with Crippen LogP contribution in [0.25, 0.3) is 0 Å². The van der Waals surface area contributed by atoms with Crippen LogP contribution < -0.4 is 0 Å². The van der Waals surface area contributed by atoms with Crippen LogP contribution in [-0.2, 0) is 9.84 Å². The van der Waals surface area contributed by atoms with Gasteiger partial charge in [-0.2, -0.15) is 0 Å². The summed E-state index contributed by atoms with van der Waals surface area (Å²) in [6.07, 6.45) is 0. The molecule has 0 aliphatic rings. The summed E-state index contributed by atoms with van der Waals surface area (Å²) in [6, 6.07) is 5.21. The maximum Gasteiger partial charge on any atom is 0.210 e. The van der Waals surface area contributed by atoms with Gasteiger partial charge in [-0.1, -0.05) is 23.2 Å². The quantitative estimate of drug-likeness (QED) is 0.865. The number of benzene rings is 2. The molecule has 7 heteroatoms. The van der Waals surface area contributed by atoms with E-state index in [1.807, 2.05) is 0 Å². The molecular weight excluding hydrogens is 335 g/mol. The number of rotatable bonds is 2. The second-order valence-electron chi connectivity index (χ2n) is 4.67. The van der Waals surface area contributed by atoms with Crippen molar-refractivity contribution in [3.63, 3.8) is 0 Å². The molecule has 0 unspecified atom stereocenters. The summed E-state index contributed by atoms with van der Waals surface area (Å²) in [5.74, 6) is -0.689. The third-order valence-corrected chi connectivity index (χ3v) is 5.32. The SMILES string of the molecule is Cc1cc(Cl)c(O)c(S(=O)(=O)c2cc(C)c(O)c(Cl)c2)c1. The Morgan fingerprint density at radius 3 is 2.05 bits per heavy atom. The van der Waals surface area contributed by atoms with Gasteiger partial charge in [0.2, 0.25) is 9.84 Å². The van der Waals surface area contributed by atoms with Gasteiger partial charge in [-0.05, 0) is 49.2 Å². The number of halogens is 2. The average molecular weight is 347 g/mol. The molecule has 21 heavy (non-hydrogen) atoms. The minimum atomic E-state index is -4.01. The summed E-state index contributed by atoms with van der Waals surface area (Å²) in [7, 11) is -4.01. The Morgan fingerprint density at radius 2 is 1.48 bits per heavy atom. The number of aromatic hydroxyl groups is 2. The van der Waals surface area contributed by atoms with Gasteiger partial charge >= 0.3 is 0 Å². The first-order chi connectivity index (χ1) is 9.64. The number of phenols is 2. The van der Waals surface area contributed by atoms with Gasteiger partial charge in [-0.3, -0.25) is 0 Å². The first-order valence-electron chi connectivity index (χ1n) is 5.88. The molecule has 2 aromatic carbocycles. The predicted octanol–water partition coefficient (Wildman–Crippen LogP) is 3.85. The molecule has 0 bridgehead atoms. The Kier molecular flexibility index (Phi) is 4.10. The average Bonchev–Trinajstić information content (AvgIpc) is 2.39. The number of phenolic OH excluding ortho intramolecular Hbond substituents is 2. The molecule has 0 radical (unpaired) electrons. The lowest BCUT2D eigenvalue weighted by atomic mass is 10.2. The highest BCUT2D eigenvalue weighted by molar-refractivity contribution is 7.91. The molecule has 2 rings (SSSR count). The van der Waals surface area contributed by atoms with Crippen LogP contribution in [0.4, 0.5) is 0 Å². The van der Waals surface area contributed by atoms with Crippen LogP contribution in [0, 0.1) is 13.8 Å². The van der Waals surface area contributed by atoms with Crippen LogP contribution in [-0.4, -0.2) is 18.6 Å². The third kappa shape index (κ3) is 2.81. The van der Waals surface area contributed by atoms with Gasteiger partial charge in [-0.25, -0.2) is 8.42 Å². The molecule has 4 nitrogen and oxygen atoms in total. The predicted molar refractivity (Wildman–Crippen MR) is 81.2 cm³/mol. The van der Waals surface area contributed by atoms with Crippen molar-refractivity contribution in [2.24, 2.45) is 0 Å². The lowest BCUT2D eigenvalue weighted by molar-refractivity contribution is 0.458. The van der Waals surface area contributed by atoms with Crippen molar-refractivity contribution in [1.82, 2.24) is 0 Å². The van der Waals surface area contributed by atoms with Gasteiger partial charge in [-0.15, -0.1) is 0 Å². The van der Waals surface area contributed by atoms with Crippen molar-refractivity contribution in [2.45, 2.75) is 23.6 Å². The smallest absolute Gasteiger partial charge is 0.210 e. The monoisotopic (exact) mass is 346 g/mol. The second-order valence-corrected chi connectivity index (χ2v) is 7.40. The van der Waals surface area contributed by atoms with Gasteiger partial charge in [0.05, 0.1) is 14.9 Å².